The zero-order chi connectivity index (χ0) is 24.4. The average Bonchev–Trinajstić information content (AvgIpc) is 3.13. The van der Waals surface area contributed by atoms with Gasteiger partial charge in [-0.1, -0.05) is 60.7 Å². The van der Waals surface area contributed by atoms with Crippen LogP contribution < -0.4 is 5.56 Å². The lowest BCUT2D eigenvalue weighted by Gasteiger charge is -2.14. The summed E-state index contributed by atoms with van der Waals surface area (Å²) in [5.41, 5.74) is 1.37. The Morgan fingerprint density at radius 2 is 1.37 bits per heavy atom. The fraction of sp³-hybridized carbons (Fsp3) is 0.148. The lowest BCUT2D eigenvalue weighted by atomic mass is 10.1. The number of esters is 1. The Kier molecular flexibility index (Phi) is 5.93. The van der Waals surface area contributed by atoms with E-state index in [0.717, 1.165) is 10.5 Å². The van der Waals surface area contributed by atoms with E-state index in [1.807, 2.05) is 30.3 Å². The minimum Gasteiger partial charge on any atom is -0.461 e. The van der Waals surface area contributed by atoms with Crippen LogP contribution in [0, 0.1) is 0 Å². The fourth-order valence-corrected chi connectivity index (χ4v) is 4.15. The number of benzene rings is 3. The fourth-order valence-electron chi connectivity index (χ4n) is 4.15. The maximum absolute atomic E-state index is 12.9. The molecule has 2 heterocycles. The number of ether oxygens (including phenoxy) is 1. The van der Waals surface area contributed by atoms with Gasteiger partial charge in [0.25, 0.3) is 17.4 Å². The van der Waals surface area contributed by atoms with Crippen LogP contribution in [0.1, 0.15) is 43.2 Å². The molecule has 174 valence electrons. The molecule has 0 radical (unpaired) electrons. The first-order valence-corrected chi connectivity index (χ1v) is 11.2. The van der Waals surface area contributed by atoms with Gasteiger partial charge in [0.15, 0.2) is 5.69 Å². The van der Waals surface area contributed by atoms with Crippen molar-refractivity contribution in [2.45, 2.75) is 13.0 Å². The third-order valence-corrected chi connectivity index (χ3v) is 5.87. The molecule has 3 aromatic carbocycles. The van der Waals surface area contributed by atoms with Crippen molar-refractivity contribution < 1.29 is 19.1 Å². The maximum Gasteiger partial charge on any atom is 0.359 e. The van der Waals surface area contributed by atoms with Gasteiger partial charge in [-0.2, -0.15) is 5.10 Å². The molecule has 0 saturated heterocycles. The molecule has 0 atom stereocenters. The third kappa shape index (κ3) is 4.21. The predicted octanol–water partition coefficient (Wildman–Crippen LogP) is 3.29. The molecule has 1 aromatic heterocycles. The first-order valence-electron chi connectivity index (χ1n) is 11.2. The molecule has 8 nitrogen and oxygen atoms in total. The highest BCUT2D eigenvalue weighted by Gasteiger charge is 2.34. The number of fused-ring (bicyclic) bond motifs is 2. The number of hydrogen-bond acceptors (Lipinski definition) is 6. The van der Waals surface area contributed by atoms with Crippen molar-refractivity contribution in [1.29, 1.82) is 0 Å². The molecule has 1 aliphatic heterocycles. The molecule has 0 spiro atoms. The first kappa shape index (κ1) is 22.2. The Morgan fingerprint density at radius 1 is 0.771 bits per heavy atom. The normalized spacial score (nSPS) is 12.7. The van der Waals surface area contributed by atoms with Gasteiger partial charge < -0.3 is 4.74 Å². The van der Waals surface area contributed by atoms with Crippen LogP contribution in [-0.4, -0.2) is 45.6 Å². The van der Waals surface area contributed by atoms with Gasteiger partial charge in [0.2, 0.25) is 0 Å². The van der Waals surface area contributed by atoms with E-state index in [1.54, 1.807) is 48.5 Å². The number of carbonyl (C=O) groups is 3. The van der Waals surface area contributed by atoms with Gasteiger partial charge in [-0.05, 0) is 30.2 Å². The number of rotatable bonds is 7. The molecule has 5 rings (SSSR count). The minimum atomic E-state index is -0.676. The molecular weight excluding hydrogens is 446 g/mol. The monoisotopic (exact) mass is 467 g/mol. The van der Waals surface area contributed by atoms with Crippen molar-refractivity contribution in [2.24, 2.45) is 0 Å². The minimum absolute atomic E-state index is 0.0138. The summed E-state index contributed by atoms with van der Waals surface area (Å²) < 4.78 is 6.68. The standard InChI is InChI=1S/C27H21N3O5/c31-24-21-13-6-7-14-22(21)25(32)29(24)15-8-16-35-27(34)23-19-11-4-5-12-20(19)26(33)30(28-23)17-18-9-2-1-3-10-18/h1-7,9-14H,8,15-17H2. The van der Waals surface area contributed by atoms with E-state index in [0.29, 0.717) is 21.9 Å². The number of nitrogens with zero attached hydrogens (tertiary/aromatic N) is 3. The average molecular weight is 467 g/mol. The van der Waals surface area contributed by atoms with Gasteiger partial charge >= 0.3 is 5.97 Å². The molecule has 0 aliphatic carbocycles. The second-order valence-corrected chi connectivity index (χ2v) is 8.14. The molecule has 1 aliphatic rings. The van der Waals surface area contributed by atoms with Crippen LogP contribution in [0.25, 0.3) is 10.8 Å². The Labute approximate surface area is 200 Å². The molecule has 8 heteroatoms. The van der Waals surface area contributed by atoms with Gasteiger partial charge in [0, 0.05) is 11.9 Å². The molecular formula is C27H21N3O5. The van der Waals surface area contributed by atoms with Crippen LogP contribution in [0.5, 0.6) is 0 Å². The maximum atomic E-state index is 12.9. The van der Waals surface area contributed by atoms with E-state index in [1.165, 1.54) is 4.68 Å². The van der Waals surface area contributed by atoms with E-state index in [9.17, 15) is 19.2 Å². The summed E-state index contributed by atoms with van der Waals surface area (Å²) in [4.78, 5) is 52.0. The lowest BCUT2D eigenvalue weighted by Crippen LogP contribution is -2.31. The van der Waals surface area contributed by atoms with Crippen molar-refractivity contribution in [3.63, 3.8) is 0 Å². The van der Waals surface area contributed by atoms with Gasteiger partial charge in [0.05, 0.1) is 29.7 Å². The highest BCUT2D eigenvalue weighted by Crippen LogP contribution is 2.22. The third-order valence-electron chi connectivity index (χ3n) is 5.87. The van der Waals surface area contributed by atoms with Crippen LogP contribution in [0.15, 0.2) is 83.7 Å². The summed E-state index contributed by atoms with van der Waals surface area (Å²) in [5.74, 6) is -1.37. The molecule has 35 heavy (non-hydrogen) atoms. The summed E-state index contributed by atoms with van der Waals surface area (Å²) in [5, 5.41) is 5.10. The van der Waals surface area contributed by atoms with Crippen molar-refractivity contribution in [3.8, 4) is 0 Å². The number of aromatic nitrogens is 2. The van der Waals surface area contributed by atoms with E-state index in [-0.39, 0.29) is 49.2 Å². The van der Waals surface area contributed by atoms with Crippen molar-refractivity contribution >= 4 is 28.6 Å². The van der Waals surface area contributed by atoms with Crippen LogP contribution in [0.4, 0.5) is 0 Å². The topological polar surface area (TPSA) is 98.6 Å². The van der Waals surface area contributed by atoms with E-state index in [2.05, 4.69) is 5.10 Å². The molecule has 2 amide bonds. The summed E-state index contributed by atoms with van der Waals surface area (Å²) in [7, 11) is 0. The quantitative estimate of drug-likeness (QED) is 0.235. The first-order chi connectivity index (χ1) is 17.0. The number of carbonyl (C=O) groups excluding carboxylic acids is 3. The predicted molar refractivity (Wildman–Crippen MR) is 128 cm³/mol. The Balaban J connectivity index is 1.30. The van der Waals surface area contributed by atoms with Crippen molar-refractivity contribution in [3.05, 3.63) is 112 Å². The molecule has 0 N–H and O–H groups in total. The van der Waals surface area contributed by atoms with Gasteiger partial charge in [0.1, 0.15) is 0 Å². The molecule has 0 bridgehead atoms. The van der Waals surface area contributed by atoms with Gasteiger partial charge in [-0.3, -0.25) is 19.3 Å². The molecule has 0 unspecified atom stereocenters. The SMILES string of the molecule is O=C(OCCCN1C(=O)c2ccccc2C1=O)c1nn(Cc2ccccc2)c(=O)c2ccccc12. The van der Waals surface area contributed by atoms with Crippen molar-refractivity contribution in [2.75, 3.05) is 13.2 Å². The highest BCUT2D eigenvalue weighted by atomic mass is 16.5. The molecule has 4 aromatic rings. The van der Waals surface area contributed by atoms with Gasteiger partial charge in [-0.15, -0.1) is 0 Å². The number of imide groups is 1. The Hall–Kier alpha value is -4.59. The Bertz CT molecular complexity index is 1480. The number of amides is 2. The van der Waals surface area contributed by atoms with Crippen molar-refractivity contribution in [1.82, 2.24) is 14.7 Å². The van der Waals surface area contributed by atoms with Crippen LogP contribution >= 0.6 is 0 Å². The van der Waals surface area contributed by atoms with E-state index < -0.39 is 5.97 Å². The zero-order valence-electron chi connectivity index (χ0n) is 18.7. The second-order valence-electron chi connectivity index (χ2n) is 8.14. The Morgan fingerprint density at radius 3 is 2.06 bits per heavy atom. The second kappa shape index (κ2) is 9.34. The van der Waals surface area contributed by atoms with Crippen LogP contribution in [0.2, 0.25) is 0 Å². The smallest absolute Gasteiger partial charge is 0.359 e. The van der Waals surface area contributed by atoms with Gasteiger partial charge in [-0.25, -0.2) is 9.48 Å². The van der Waals surface area contributed by atoms with Crippen LogP contribution in [0.3, 0.4) is 0 Å². The zero-order valence-corrected chi connectivity index (χ0v) is 18.7. The summed E-state index contributed by atoms with van der Waals surface area (Å²) in [6.07, 6.45) is 0.277. The number of hydrogen-bond donors (Lipinski definition) is 0. The van der Waals surface area contributed by atoms with E-state index in [4.69, 9.17) is 4.74 Å². The summed E-state index contributed by atoms with van der Waals surface area (Å²) in [6, 6.07) is 22.8. The summed E-state index contributed by atoms with van der Waals surface area (Å²) in [6.45, 7) is 0.325. The van der Waals surface area contributed by atoms with Crippen LogP contribution in [-0.2, 0) is 11.3 Å². The highest BCUT2D eigenvalue weighted by molar-refractivity contribution is 6.21. The molecule has 0 saturated carbocycles. The largest absolute Gasteiger partial charge is 0.461 e. The molecule has 0 fully saturated rings. The van der Waals surface area contributed by atoms with E-state index >= 15 is 0 Å². The lowest BCUT2D eigenvalue weighted by molar-refractivity contribution is 0.0476. The summed E-state index contributed by atoms with van der Waals surface area (Å²) >= 11 is 0.